The van der Waals surface area contributed by atoms with Crippen LogP contribution in [0.4, 0.5) is 0 Å². The minimum Gasteiger partial charge on any atom is -0.481 e. The largest absolute Gasteiger partial charge is 0.481 e. The molecule has 0 radical (unpaired) electrons. The predicted octanol–water partition coefficient (Wildman–Crippen LogP) is 1.12. The fourth-order valence-electron chi connectivity index (χ4n) is 1.32. The molecule has 2 atom stereocenters. The van der Waals surface area contributed by atoms with Crippen LogP contribution in [0.2, 0.25) is 0 Å². The van der Waals surface area contributed by atoms with Gasteiger partial charge in [0.15, 0.2) is 0 Å². The number of carboxylic acid groups (broad SMARTS) is 1. The van der Waals surface area contributed by atoms with E-state index in [0.717, 1.165) is 12.8 Å². The summed E-state index contributed by atoms with van der Waals surface area (Å²) in [5, 5.41) is 11.7. The Morgan fingerprint density at radius 2 is 2.06 bits per heavy atom. The van der Waals surface area contributed by atoms with Crippen molar-refractivity contribution in [3.05, 3.63) is 0 Å². The van der Waals surface area contributed by atoms with Gasteiger partial charge in [0.2, 0.25) is 5.91 Å². The molecular formula is C12H24N2O3. The predicted molar refractivity (Wildman–Crippen MR) is 66.5 cm³/mol. The zero-order chi connectivity index (χ0) is 13.5. The fourth-order valence-corrected chi connectivity index (χ4v) is 1.32. The highest BCUT2D eigenvalue weighted by atomic mass is 16.4. The van der Waals surface area contributed by atoms with Crippen LogP contribution in [0.25, 0.3) is 0 Å². The van der Waals surface area contributed by atoms with Gasteiger partial charge < -0.3 is 16.2 Å². The van der Waals surface area contributed by atoms with E-state index in [1.54, 1.807) is 13.8 Å². The number of rotatable bonds is 8. The molecule has 17 heavy (non-hydrogen) atoms. The van der Waals surface area contributed by atoms with Crippen molar-refractivity contribution >= 4 is 11.9 Å². The molecule has 0 aliphatic rings. The Hall–Kier alpha value is -1.10. The number of hydrogen-bond donors (Lipinski definition) is 3. The highest BCUT2D eigenvalue weighted by Crippen LogP contribution is 2.19. The van der Waals surface area contributed by atoms with E-state index >= 15 is 0 Å². The number of nitrogens with two attached hydrogens (primary N) is 1. The summed E-state index contributed by atoms with van der Waals surface area (Å²) in [6.45, 7) is 5.51. The number of carbonyl (C=O) groups excluding carboxylic acids is 1. The molecule has 0 saturated heterocycles. The molecule has 0 spiro atoms. The molecule has 0 aromatic carbocycles. The number of carbonyl (C=O) groups is 2. The maximum absolute atomic E-state index is 11.5. The second-order valence-electron chi connectivity index (χ2n) is 4.87. The quantitative estimate of drug-likeness (QED) is 0.596. The van der Waals surface area contributed by atoms with Crippen LogP contribution in [0.15, 0.2) is 0 Å². The van der Waals surface area contributed by atoms with E-state index in [1.807, 2.05) is 6.92 Å². The first-order chi connectivity index (χ1) is 7.81. The van der Waals surface area contributed by atoms with Gasteiger partial charge in [0.25, 0.3) is 0 Å². The molecule has 0 aliphatic heterocycles. The highest BCUT2D eigenvalue weighted by molar-refractivity contribution is 5.78. The minimum atomic E-state index is -0.879. The molecule has 4 N–H and O–H groups in total. The third kappa shape index (κ3) is 6.26. The van der Waals surface area contributed by atoms with Crippen LogP contribution in [0.3, 0.4) is 0 Å². The van der Waals surface area contributed by atoms with Crippen molar-refractivity contribution in [2.45, 2.75) is 52.5 Å². The number of nitrogens with one attached hydrogen (secondary N) is 1. The maximum atomic E-state index is 11.5. The lowest BCUT2D eigenvalue weighted by Gasteiger charge is -2.23. The van der Waals surface area contributed by atoms with Crippen LogP contribution in [0, 0.1) is 5.41 Å². The van der Waals surface area contributed by atoms with Crippen LogP contribution in [0.1, 0.15) is 46.5 Å². The summed E-state index contributed by atoms with van der Waals surface area (Å²) in [6, 6.07) is 0.0997. The summed E-state index contributed by atoms with van der Waals surface area (Å²) < 4.78 is 0. The lowest BCUT2D eigenvalue weighted by Crippen LogP contribution is -2.40. The van der Waals surface area contributed by atoms with E-state index in [1.165, 1.54) is 0 Å². The van der Waals surface area contributed by atoms with Crippen LogP contribution in [0.5, 0.6) is 0 Å². The van der Waals surface area contributed by atoms with Crippen LogP contribution < -0.4 is 11.1 Å². The third-order valence-electron chi connectivity index (χ3n) is 3.04. The first-order valence-corrected chi connectivity index (χ1v) is 6.07. The van der Waals surface area contributed by atoms with Crippen molar-refractivity contribution in [1.82, 2.24) is 5.32 Å². The molecule has 0 fully saturated rings. The van der Waals surface area contributed by atoms with Gasteiger partial charge in [-0.15, -0.1) is 0 Å². The Morgan fingerprint density at radius 3 is 2.47 bits per heavy atom. The molecular weight excluding hydrogens is 220 g/mol. The second-order valence-corrected chi connectivity index (χ2v) is 4.87. The molecule has 5 heteroatoms. The van der Waals surface area contributed by atoms with E-state index in [2.05, 4.69) is 5.32 Å². The lowest BCUT2D eigenvalue weighted by atomic mass is 9.87. The molecule has 0 rings (SSSR count). The molecule has 0 aromatic heterocycles. The smallest absolute Gasteiger partial charge is 0.311 e. The van der Waals surface area contributed by atoms with Crippen molar-refractivity contribution in [2.24, 2.45) is 11.1 Å². The summed E-state index contributed by atoms with van der Waals surface area (Å²) in [5.74, 6) is -0.984. The Labute approximate surface area is 103 Å². The van der Waals surface area contributed by atoms with E-state index in [-0.39, 0.29) is 18.5 Å². The van der Waals surface area contributed by atoms with E-state index < -0.39 is 11.4 Å². The molecule has 0 bridgehead atoms. The summed E-state index contributed by atoms with van der Waals surface area (Å²) >= 11 is 0. The van der Waals surface area contributed by atoms with Gasteiger partial charge in [0, 0.05) is 19.0 Å². The summed E-state index contributed by atoms with van der Waals surface area (Å²) in [4.78, 5) is 22.5. The third-order valence-corrected chi connectivity index (χ3v) is 3.04. The molecule has 0 heterocycles. The SMILES string of the molecule is CCC(C)(CNC(=O)CCCC(C)N)C(=O)O. The van der Waals surface area contributed by atoms with Crippen LogP contribution in [-0.2, 0) is 9.59 Å². The summed E-state index contributed by atoms with van der Waals surface area (Å²) in [6.07, 6.45) is 2.43. The zero-order valence-electron chi connectivity index (χ0n) is 11.0. The normalized spacial score (nSPS) is 16.0. The van der Waals surface area contributed by atoms with E-state index in [9.17, 15) is 9.59 Å². The number of amides is 1. The summed E-state index contributed by atoms with van der Waals surface area (Å²) in [7, 11) is 0. The Balaban J connectivity index is 3.94. The maximum Gasteiger partial charge on any atom is 0.311 e. The van der Waals surface area contributed by atoms with Gasteiger partial charge >= 0.3 is 5.97 Å². The van der Waals surface area contributed by atoms with Crippen molar-refractivity contribution < 1.29 is 14.7 Å². The average Bonchev–Trinajstić information content (AvgIpc) is 2.25. The average molecular weight is 244 g/mol. The van der Waals surface area contributed by atoms with E-state index in [4.69, 9.17) is 10.8 Å². The van der Waals surface area contributed by atoms with Gasteiger partial charge in [-0.05, 0) is 33.1 Å². The Bertz CT molecular complexity index is 266. The Morgan fingerprint density at radius 1 is 1.47 bits per heavy atom. The van der Waals surface area contributed by atoms with Crippen LogP contribution >= 0.6 is 0 Å². The van der Waals surface area contributed by atoms with Crippen molar-refractivity contribution in [1.29, 1.82) is 0 Å². The first-order valence-electron chi connectivity index (χ1n) is 6.07. The monoisotopic (exact) mass is 244 g/mol. The van der Waals surface area contributed by atoms with Crippen molar-refractivity contribution in [3.63, 3.8) is 0 Å². The Kier molecular flexibility index (Phi) is 6.80. The molecule has 1 amide bonds. The van der Waals surface area contributed by atoms with Crippen molar-refractivity contribution in [2.75, 3.05) is 6.54 Å². The zero-order valence-corrected chi connectivity index (χ0v) is 11.0. The minimum absolute atomic E-state index is 0.0997. The number of carboxylic acids is 1. The van der Waals surface area contributed by atoms with Crippen molar-refractivity contribution in [3.8, 4) is 0 Å². The standard InChI is InChI=1S/C12H24N2O3/c1-4-12(3,11(16)17)8-14-10(15)7-5-6-9(2)13/h9H,4-8,13H2,1-3H3,(H,14,15)(H,16,17). The van der Waals surface area contributed by atoms with Gasteiger partial charge in [0.05, 0.1) is 5.41 Å². The van der Waals surface area contributed by atoms with Gasteiger partial charge in [-0.1, -0.05) is 6.92 Å². The molecule has 0 saturated carbocycles. The van der Waals surface area contributed by atoms with Gasteiger partial charge in [-0.3, -0.25) is 9.59 Å². The lowest BCUT2D eigenvalue weighted by molar-refractivity contribution is -0.148. The van der Waals surface area contributed by atoms with Crippen LogP contribution in [-0.4, -0.2) is 29.6 Å². The van der Waals surface area contributed by atoms with Gasteiger partial charge in [0.1, 0.15) is 0 Å². The van der Waals surface area contributed by atoms with Gasteiger partial charge in [-0.2, -0.15) is 0 Å². The first kappa shape index (κ1) is 15.9. The molecule has 2 unspecified atom stereocenters. The number of hydrogen-bond acceptors (Lipinski definition) is 3. The van der Waals surface area contributed by atoms with E-state index in [0.29, 0.717) is 12.8 Å². The van der Waals surface area contributed by atoms with Gasteiger partial charge in [-0.25, -0.2) is 0 Å². The fraction of sp³-hybridized carbons (Fsp3) is 0.833. The number of aliphatic carboxylic acids is 1. The topological polar surface area (TPSA) is 92.4 Å². The molecule has 0 aliphatic carbocycles. The molecule has 5 nitrogen and oxygen atoms in total. The summed E-state index contributed by atoms with van der Waals surface area (Å²) in [5.41, 5.74) is 4.70. The second kappa shape index (κ2) is 7.27. The highest BCUT2D eigenvalue weighted by Gasteiger charge is 2.31. The molecule has 0 aromatic rings. The molecule has 100 valence electrons.